The number of rotatable bonds is 7. The average Bonchev–Trinajstić information content (AvgIpc) is 3.49. The van der Waals surface area contributed by atoms with Crippen molar-refractivity contribution >= 4 is 58.3 Å². The third kappa shape index (κ3) is 5.87. The number of benzene rings is 1. The molecule has 0 aliphatic carbocycles. The van der Waals surface area contributed by atoms with E-state index in [4.69, 9.17) is 27.9 Å². The summed E-state index contributed by atoms with van der Waals surface area (Å²) in [5.41, 5.74) is 2.36. The van der Waals surface area contributed by atoms with E-state index in [1.54, 1.807) is 22.1 Å². The van der Waals surface area contributed by atoms with Gasteiger partial charge in [-0.2, -0.15) is 5.10 Å². The highest BCUT2D eigenvalue weighted by Gasteiger charge is 2.13. The summed E-state index contributed by atoms with van der Waals surface area (Å²) in [7, 11) is 0. The molecule has 1 N–H and O–H groups in total. The number of thiophene rings is 1. The Hall–Kier alpha value is -3.46. The normalized spacial score (nSPS) is 11.0. The summed E-state index contributed by atoms with van der Waals surface area (Å²) in [5.74, 6) is -1.12. The number of carbonyl (C=O) groups is 2. The Morgan fingerprint density at radius 3 is 2.70 bits per heavy atom. The second kappa shape index (κ2) is 10.4. The summed E-state index contributed by atoms with van der Waals surface area (Å²) in [5, 5.41) is 9.61. The number of anilines is 1. The molecule has 0 aliphatic rings. The molecule has 3 heterocycles. The van der Waals surface area contributed by atoms with E-state index < -0.39 is 18.5 Å². The van der Waals surface area contributed by atoms with Gasteiger partial charge in [-0.3, -0.25) is 4.79 Å². The van der Waals surface area contributed by atoms with E-state index in [1.165, 1.54) is 18.3 Å². The number of halogens is 2. The number of hydrogen-bond donors (Lipinski definition) is 1. The number of pyridine rings is 1. The molecule has 0 fully saturated rings. The maximum Gasteiger partial charge on any atom is 0.331 e. The number of carbonyl (C=O) groups excluding carboxylic acids is 2. The predicted octanol–water partition coefficient (Wildman–Crippen LogP) is 5.50. The fraction of sp³-hybridized carbons (Fsp3) is 0.0435. The summed E-state index contributed by atoms with van der Waals surface area (Å²) in [6, 6.07) is 15.0. The molecule has 0 unspecified atom stereocenters. The second-order valence-electron chi connectivity index (χ2n) is 6.66. The highest BCUT2D eigenvalue weighted by Crippen LogP contribution is 2.28. The van der Waals surface area contributed by atoms with Gasteiger partial charge in [0.1, 0.15) is 5.69 Å². The Kier molecular flexibility index (Phi) is 7.19. The number of nitrogens with one attached hydrogen (secondary N) is 1. The molecule has 0 spiro atoms. The van der Waals surface area contributed by atoms with Gasteiger partial charge in [0.25, 0.3) is 5.91 Å². The van der Waals surface area contributed by atoms with Crippen LogP contribution in [-0.4, -0.2) is 33.2 Å². The van der Waals surface area contributed by atoms with Crippen molar-refractivity contribution in [1.29, 1.82) is 0 Å². The van der Waals surface area contributed by atoms with Crippen LogP contribution in [0, 0.1) is 0 Å². The number of ether oxygens (including phenoxy) is 1. The van der Waals surface area contributed by atoms with Crippen LogP contribution in [0.1, 0.15) is 5.56 Å². The third-order valence-corrected chi connectivity index (χ3v) is 5.70. The monoisotopic (exact) mass is 498 g/mol. The van der Waals surface area contributed by atoms with E-state index >= 15 is 0 Å². The van der Waals surface area contributed by atoms with E-state index in [-0.39, 0.29) is 10.8 Å². The summed E-state index contributed by atoms with van der Waals surface area (Å²) >= 11 is 13.3. The molecule has 4 rings (SSSR count). The number of esters is 1. The van der Waals surface area contributed by atoms with Crippen molar-refractivity contribution in [2.45, 2.75) is 0 Å². The van der Waals surface area contributed by atoms with Crippen molar-refractivity contribution in [2.24, 2.45) is 0 Å². The van der Waals surface area contributed by atoms with Gasteiger partial charge in [-0.1, -0.05) is 47.5 Å². The zero-order valence-corrected chi connectivity index (χ0v) is 19.3. The molecule has 0 radical (unpaired) electrons. The number of nitrogens with zero attached hydrogens (tertiary/aromatic N) is 3. The standard InChI is InChI=1S/C23H16Cl2N4O3S/c24-16-11-18(25)23(26-12-16)27-20(30)14-32-21(31)9-8-15-13-29(17-5-2-1-3-6-17)28-22(15)19-7-4-10-33-19/h1-13H,14H2,(H,26,27,30)/b9-8+. The Balaban J connectivity index is 1.43. The van der Waals surface area contributed by atoms with Crippen LogP contribution in [0.25, 0.3) is 22.3 Å². The van der Waals surface area contributed by atoms with Gasteiger partial charge in [-0.05, 0) is 35.7 Å². The molecule has 4 aromatic rings. The number of aromatic nitrogens is 3. The number of amides is 1. The molecule has 33 heavy (non-hydrogen) atoms. The first-order valence-corrected chi connectivity index (χ1v) is 11.3. The molecular formula is C23H16Cl2N4O3S. The van der Waals surface area contributed by atoms with Gasteiger partial charge in [-0.15, -0.1) is 11.3 Å². The van der Waals surface area contributed by atoms with Crippen molar-refractivity contribution < 1.29 is 14.3 Å². The molecule has 0 aliphatic heterocycles. The molecule has 1 aromatic carbocycles. The van der Waals surface area contributed by atoms with Gasteiger partial charge in [-0.25, -0.2) is 14.5 Å². The predicted molar refractivity (Wildman–Crippen MR) is 130 cm³/mol. The van der Waals surface area contributed by atoms with Crippen LogP contribution in [0.2, 0.25) is 10.0 Å². The largest absolute Gasteiger partial charge is 0.452 e. The van der Waals surface area contributed by atoms with Crippen LogP contribution in [0.4, 0.5) is 5.82 Å². The van der Waals surface area contributed by atoms with Crippen LogP contribution in [0.5, 0.6) is 0 Å². The molecule has 0 saturated heterocycles. The highest BCUT2D eigenvalue weighted by molar-refractivity contribution is 7.13. The van der Waals surface area contributed by atoms with E-state index in [9.17, 15) is 9.59 Å². The molecule has 3 aromatic heterocycles. The zero-order valence-electron chi connectivity index (χ0n) is 16.9. The van der Waals surface area contributed by atoms with Crippen molar-refractivity contribution in [2.75, 3.05) is 11.9 Å². The third-order valence-electron chi connectivity index (χ3n) is 4.33. The maximum absolute atomic E-state index is 12.2. The molecule has 166 valence electrons. The Bertz CT molecular complexity index is 1300. The average molecular weight is 499 g/mol. The molecule has 7 nitrogen and oxygen atoms in total. The lowest BCUT2D eigenvalue weighted by atomic mass is 10.2. The number of para-hydroxylation sites is 1. The molecule has 10 heteroatoms. The fourth-order valence-electron chi connectivity index (χ4n) is 2.84. The van der Waals surface area contributed by atoms with Gasteiger partial charge < -0.3 is 10.1 Å². The summed E-state index contributed by atoms with van der Waals surface area (Å²) in [6.45, 7) is -0.495. The Morgan fingerprint density at radius 2 is 1.97 bits per heavy atom. The molecule has 0 saturated carbocycles. The van der Waals surface area contributed by atoms with Gasteiger partial charge >= 0.3 is 5.97 Å². The minimum atomic E-state index is -0.676. The summed E-state index contributed by atoms with van der Waals surface area (Å²) in [6.07, 6.45) is 6.04. The summed E-state index contributed by atoms with van der Waals surface area (Å²) in [4.78, 5) is 29.1. The minimum absolute atomic E-state index is 0.131. The smallest absolute Gasteiger partial charge is 0.331 e. The highest BCUT2D eigenvalue weighted by atomic mass is 35.5. The topological polar surface area (TPSA) is 86.1 Å². The molecule has 0 atom stereocenters. The molecule has 1 amide bonds. The summed E-state index contributed by atoms with van der Waals surface area (Å²) < 4.78 is 6.77. The Labute approximate surface area is 203 Å². The van der Waals surface area contributed by atoms with Crippen molar-refractivity contribution in [3.8, 4) is 16.3 Å². The van der Waals surface area contributed by atoms with Crippen LogP contribution in [0.3, 0.4) is 0 Å². The lowest BCUT2D eigenvalue weighted by molar-refractivity contribution is -0.142. The van der Waals surface area contributed by atoms with Crippen LogP contribution in [0.15, 0.2) is 72.4 Å². The minimum Gasteiger partial charge on any atom is -0.452 e. The van der Waals surface area contributed by atoms with Crippen molar-refractivity contribution in [3.05, 3.63) is 88.0 Å². The van der Waals surface area contributed by atoms with Crippen molar-refractivity contribution in [3.63, 3.8) is 0 Å². The number of hydrogen-bond acceptors (Lipinski definition) is 6. The van der Waals surface area contributed by atoms with E-state index in [1.807, 2.05) is 54.0 Å². The van der Waals surface area contributed by atoms with Gasteiger partial charge in [0.15, 0.2) is 12.4 Å². The van der Waals surface area contributed by atoms with Gasteiger partial charge in [0, 0.05) is 24.0 Å². The Morgan fingerprint density at radius 1 is 1.15 bits per heavy atom. The SMILES string of the molecule is O=C(COC(=O)/C=C/c1cn(-c2ccccc2)nc1-c1cccs1)Nc1ncc(Cl)cc1Cl. The van der Waals surface area contributed by atoms with Gasteiger partial charge in [0.05, 0.1) is 20.6 Å². The van der Waals surface area contributed by atoms with E-state index in [2.05, 4.69) is 15.4 Å². The first-order valence-electron chi connectivity index (χ1n) is 9.64. The van der Waals surface area contributed by atoms with E-state index in [0.717, 1.165) is 21.8 Å². The maximum atomic E-state index is 12.2. The lowest BCUT2D eigenvalue weighted by Crippen LogP contribution is -2.20. The van der Waals surface area contributed by atoms with E-state index in [0.29, 0.717) is 5.02 Å². The van der Waals surface area contributed by atoms with Gasteiger partial charge in [0.2, 0.25) is 0 Å². The second-order valence-corrected chi connectivity index (χ2v) is 8.45. The first-order chi connectivity index (χ1) is 16.0. The van der Waals surface area contributed by atoms with Crippen LogP contribution < -0.4 is 5.32 Å². The quantitative estimate of drug-likeness (QED) is 0.268. The van der Waals surface area contributed by atoms with Crippen LogP contribution >= 0.6 is 34.5 Å². The first kappa shape index (κ1) is 22.7. The zero-order chi connectivity index (χ0) is 23.2. The fourth-order valence-corrected chi connectivity index (χ4v) is 4.00. The van der Waals surface area contributed by atoms with Crippen LogP contribution in [-0.2, 0) is 14.3 Å². The molecule has 0 bridgehead atoms. The molecular weight excluding hydrogens is 483 g/mol. The van der Waals surface area contributed by atoms with Crippen molar-refractivity contribution in [1.82, 2.24) is 14.8 Å². The lowest BCUT2D eigenvalue weighted by Gasteiger charge is -2.06.